The molecule has 0 radical (unpaired) electrons. The average molecular weight is 311 g/mol. The molecule has 0 saturated carbocycles. The number of benzene rings is 2. The fourth-order valence-corrected chi connectivity index (χ4v) is 3.27. The summed E-state index contributed by atoms with van der Waals surface area (Å²) in [5.41, 5.74) is 2.49. The fraction of sp³-hybridized carbons (Fsp3) is 0.400. The zero-order valence-corrected chi connectivity index (χ0v) is 13.6. The van der Waals surface area contributed by atoms with E-state index in [-0.39, 0.29) is 18.6 Å². The standard InChI is InChI=1S/C20H25NO2/c1-16(18-10-6-3-7-11-18)21-12-19(14-22)20(13-21)23-15-17-8-4-2-5-9-17/h2-11,16,19-20,22H,12-15H2,1H3/t16-,19+,20-/m0/s1. The van der Waals surface area contributed by atoms with Gasteiger partial charge in [-0.25, -0.2) is 0 Å². The van der Waals surface area contributed by atoms with Gasteiger partial charge >= 0.3 is 0 Å². The third kappa shape index (κ3) is 3.99. The minimum absolute atomic E-state index is 0.0892. The lowest BCUT2D eigenvalue weighted by molar-refractivity contribution is 0.00721. The SMILES string of the molecule is C[C@@H](c1ccccc1)N1C[C@H](CO)[C@@H](OCc2ccccc2)C1. The summed E-state index contributed by atoms with van der Waals surface area (Å²) in [7, 11) is 0. The Kier molecular flexibility index (Phi) is 5.44. The van der Waals surface area contributed by atoms with E-state index in [2.05, 4.69) is 48.2 Å². The highest BCUT2D eigenvalue weighted by atomic mass is 16.5. The molecule has 0 aliphatic carbocycles. The molecular weight excluding hydrogens is 286 g/mol. The van der Waals surface area contributed by atoms with Gasteiger partial charge in [0.25, 0.3) is 0 Å². The Bertz CT molecular complexity index is 587. The Hall–Kier alpha value is -1.68. The molecule has 1 N–H and O–H groups in total. The highest BCUT2D eigenvalue weighted by molar-refractivity contribution is 5.19. The summed E-state index contributed by atoms with van der Waals surface area (Å²) in [6.45, 7) is 4.76. The number of aliphatic hydroxyl groups excluding tert-OH is 1. The molecule has 3 atom stereocenters. The van der Waals surface area contributed by atoms with Crippen molar-refractivity contribution in [2.75, 3.05) is 19.7 Å². The Morgan fingerprint density at radius 3 is 2.35 bits per heavy atom. The molecule has 1 aliphatic heterocycles. The van der Waals surface area contributed by atoms with Crippen LogP contribution >= 0.6 is 0 Å². The molecule has 2 aromatic rings. The van der Waals surface area contributed by atoms with Crippen molar-refractivity contribution in [3.63, 3.8) is 0 Å². The van der Waals surface area contributed by atoms with Crippen molar-refractivity contribution in [3.05, 3.63) is 71.8 Å². The van der Waals surface area contributed by atoms with Gasteiger partial charge in [0.05, 0.1) is 12.7 Å². The van der Waals surface area contributed by atoms with Crippen LogP contribution in [0.1, 0.15) is 24.1 Å². The molecule has 1 fully saturated rings. The van der Waals surface area contributed by atoms with E-state index in [0.717, 1.165) is 13.1 Å². The van der Waals surface area contributed by atoms with E-state index < -0.39 is 0 Å². The zero-order valence-electron chi connectivity index (χ0n) is 13.6. The van der Waals surface area contributed by atoms with E-state index in [9.17, 15) is 5.11 Å². The normalized spacial score (nSPS) is 23.0. The average Bonchev–Trinajstić information content (AvgIpc) is 3.04. The van der Waals surface area contributed by atoms with E-state index in [1.165, 1.54) is 11.1 Å². The van der Waals surface area contributed by atoms with Gasteiger partial charge in [0.15, 0.2) is 0 Å². The summed E-state index contributed by atoms with van der Waals surface area (Å²) in [5.74, 6) is 0.185. The van der Waals surface area contributed by atoms with E-state index in [4.69, 9.17) is 4.74 Å². The first-order valence-corrected chi connectivity index (χ1v) is 8.33. The van der Waals surface area contributed by atoms with Gasteiger partial charge in [-0.15, -0.1) is 0 Å². The maximum atomic E-state index is 9.70. The summed E-state index contributed by atoms with van der Waals surface area (Å²) < 4.78 is 6.11. The molecule has 1 aliphatic rings. The van der Waals surface area contributed by atoms with Crippen LogP contribution < -0.4 is 0 Å². The maximum Gasteiger partial charge on any atom is 0.0769 e. The van der Waals surface area contributed by atoms with Gasteiger partial charge in [-0.3, -0.25) is 4.90 Å². The lowest BCUT2D eigenvalue weighted by atomic mass is 10.1. The van der Waals surface area contributed by atoms with Crippen molar-refractivity contribution in [3.8, 4) is 0 Å². The number of rotatable bonds is 6. The van der Waals surface area contributed by atoms with Gasteiger partial charge in [-0.05, 0) is 18.1 Å². The first kappa shape index (κ1) is 16.2. The first-order chi connectivity index (χ1) is 11.3. The monoisotopic (exact) mass is 311 g/mol. The van der Waals surface area contributed by atoms with Crippen LogP contribution in [0.25, 0.3) is 0 Å². The lowest BCUT2D eigenvalue weighted by Gasteiger charge is -2.24. The molecule has 2 aromatic carbocycles. The summed E-state index contributed by atoms with van der Waals surface area (Å²) in [5, 5.41) is 9.70. The number of hydrogen-bond acceptors (Lipinski definition) is 3. The van der Waals surface area contributed by atoms with Crippen LogP contribution in [-0.2, 0) is 11.3 Å². The summed E-state index contributed by atoms with van der Waals surface area (Å²) in [6.07, 6.45) is 0.0892. The molecule has 3 rings (SSSR count). The van der Waals surface area contributed by atoms with Crippen LogP contribution in [0.5, 0.6) is 0 Å². The third-order valence-corrected chi connectivity index (χ3v) is 4.78. The summed E-state index contributed by atoms with van der Waals surface area (Å²) in [4.78, 5) is 2.41. The second-order valence-electron chi connectivity index (χ2n) is 6.32. The van der Waals surface area contributed by atoms with E-state index >= 15 is 0 Å². The molecule has 1 saturated heterocycles. The first-order valence-electron chi connectivity index (χ1n) is 8.33. The molecule has 0 amide bonds. The Morgan fingerprint density at radius 1 is 1.04 bits per heavy atom. The van der Waals surface area contributed by atoms with Gasteiger partial charge in [-0.1, -0.05) is 60.7 Å². The quantitative estimate of drug-likeness (QED) is 0.889. The molecular formula is C20H25NO2. The number of aliphatic hydroxyl groups is 1. The van der Waals surface area contributed by atoms with Crippen molar-refractivity contribution in [1.29, 1.82) is 0 Å². The van der Waals surface area contributed by atoms with Crippen LogP contribution in [0.15, 0.2) is 60.7 Å². The van der Waals surface area contributed by atoms with E-state index in [1.54, 1.807) is 0 Å². The van der Waals surface area contributed by atoms with Crippen molar-refractivity contribution in [1.82, 2.24) is 4.90 Å². The predicted molar refractivity (Wildman–Crippen MR) is 92.0 cm³/mol. The molecule has 0 spiro atoms. The molecule has 3 heteroatoms. The molecule has 0 unspecified atom stereocenters. The van der Waals surface area contributed by atoms with Crippen molar-refractivity contribution < 1.29 is 9.84 Å². The molecule has 23 heavy (non-hydrogen) atoms. The molecule has 0 bridgehead atoms. The molecule has 1 heterocycles. The molecule has 122 valence electrons. The van der Waals surface area contributed by atoms with Gasteiger partial charge < -0.3 is 9.84 Å². The number of nitrogens with zero attached hydrogens (tertiary/aromatic N) is 1. The molecule has 0 aromatic heterocycles. The van der Waals surface area contributed by atoms with Crippen LogP contribution in [0.3, 0.4) is 0 Å². The Morgan fingerprint density at radius 2 is 1.70 bits per heavy atom. The van der Waals surface area contributed by atoms with Gasteiger partial charge in [-0.2, -0.15) is 0 Å². The smallest absolute Gasteiger partial charge is 0.0769 e. The number of hydrogen-bond donors (Lipinski definition) is 1. The van der Waals surface area contributed by atoms with Crippen LogP contribution in [0.2, 0.25) is 0 Å². The van der Waals surface area contributed by atoms with Crippen LogP contribution in [0, 0.1) is 5.92 Å². The van der Waals surface area contributed by atoms with Crippen LogP contribution in [0.4, 0.5) is 0 Å². The highest BCUT2D eigenvalue weighted by Crippen LogP contribution is 2.29. The predicted octanol–water partition coefficient (Wildman–Crippen LogP) is 3.26. The van der Waals surface area contributed by atoms with Crippen molar-refractivity contribution in [2.45, 2.75) is 25.7 Å². The largest absolute Gasteiger partial charge is 0.396 e. The van der Waals surface area contributed by atoms with E-state index in [0.29, 0.717) is 12.6 Å². The Labute approximate surface area is 138 Å². The summed E-state index contributed by atoms with van der Waals surface area (Å²) in [6, 6.07) is 21.1. The van der Waals surface area contributed by atoms with Gasteiger partial charge in [0.2, 0.25) is 0 Å². The van der Waals surface area contributed by atoms with E-state index in [1.807, 2.05) is 24.3 Å². The third-order valence-electron chi connectivity index (χ3n) is 4.78. The fourth-order valence-electron chi connectivity index (χ4n) is 3.27. The van der Waals surface area contributed by atoms with Gasteiger partial charge in [0, 0.05) is 31.7 Å². The van der Waals surface area contributed by atoms with Crippen LogP contribution in [-0.4, -0.2) is 35.8 Å². The number of ether oxygens (including phenoxy) is 1. The minimum atomic E-state index is 0.0892. The minimum Gasteiger partial charge on any atom is -0.396 e. The maximum absolute atomic E-state index is 9.70. The molecule has 3 nitrogen and oxygen atoms in total. The second-order valence-corrected chi connectivity index (χ2v) is 6.32. The lowest BCUT2D eigenvalue weighted by Crippen LogP contribution is -2.26. The van der Waals surface area contributed by atoms with Crippen molar-refractivity contribution in [2.24, 2.45) is 5.92 Å². The number of likely N-dealkylation sites (tertiary alicyclic amines) is 1. The Balaban J connectivity index is 1.61. The topological polar surface area (TPSA) is 32.7 Å². The van der Waals surface area contributed by atoms with Gasteiger partial charge in [0.1, 0.15) is 0 Å². The summed E-state index contributed by atoms with van der Waals surface area (Å²) >= 11 is 0. The highest BCUT2D eigenvalue weighted by Gasteiger charge is 2.35. The second kappa shape index (κ2) is 7.73. The van der Waals surface area contributed by atoms with Crippen molar-refractivity contribution >= 4 is 0 Å². The zero-order chi connectivity index (χ0) is 16.1.